The highest BCUT2D eigenvalue weighted by Crippen LogP contribution is 2.23. The number of carbonyl (C=O) groups excluding carboxylic acids is 1. The van der Waals surface area contributed by atoms with Crippen molar-refractivity contribution in [2.24, 2.45) is 11.1 Å². The van der Waals surface area contributed by atoms with Crippen LogP contribution in [0.25, 0.3) is 0 Å². The van der Waals surface area contributed by atoms with Gasteiger partial charge in [0.2, 0.25) is 0 Å². The van der Waals surface area contributed by atoms with Crippen LogP contribution in [0, 0.1) is 5.41 Å². The average Bonchev–Trinajstić information content (AvgIpc) is 2.27. The molecule has 1 heterocycles. The van der Waals surface area contributed by atoms with Gasteiger partial charge in [-0.15, -0.1) is 0 Å². The van der Waals surface area contributed by atoms with Gasteiger partial charge in [0.15, 0.2) is 5.78 Å². The van der Waals surface area contributed by atoms with Crippen molar-refractivity contribution < 1.29 is 9.53 Å². The van der Waals surface area contributed by atoms with E-state index in [1.165, 1.54) is 7.11 Å². The summed E-state index contributed by atoms with van der Waals surface area (Å²) in [5.41, 5.74) is 6.25. The molecule has 17 heavy (non-hydrogen) atoms. The predicted molar refractivity (Wildman–Crippen MR) is 67.2 cm³/mol. The lowest BCUT2D eigenvalue weighted by Gasteiger charge is -2.26. The number of carbonyl (C=O) groups is 1. The maximum atomic E-state index is 12.1. The summed E-state index contributed by atoms with van der Waals surface area (Å²) < 4.78 is 5.11. The van der Waals surface area contributed by atoms with E-state index >= 15 is 0 Å². The summed E-state index contributed by atoms with van der Waals surface area (Å²) in [6, 6.07) is 3.27. The average molecular weight is 236 g/mol. The van der Waals surface area contributed by atoms with Crippen molar-refractivity contribution in [1.82, 2.24) is 4.98 Å². The summed E-state index contributed by atoms with van der Waals surface area (Å²) >= 11 is 0. The topological polar surface area (TPSA) is 65.2 Å². The van der Waals surface area contributed by atoms with Crippen molar-refractivity contribution in [3.63, 3.8) is 0 Å². The molecule has 0 aliphatic carbocycles. The molecule has 0 aliphatic heterocycles. The van der Waals surface area contributed by atoms with E-state index in [9.17, 15) is 4.79 Å². The molecule has 4 heteroatoms. The van der Waals surface area contributed by atoms with Crippen molar-refractivity contribution in [3.05, 3.63) is 24.0 Å². The first-order valence-electron chi connectivity index (χ1n) is 5.64. The molecule has 2 N–H and O–H groups in total. The molecular weight excluding hydrogens is 216 g/mol. The van der Waals surface area contributed by atoms with Gasteiger partial charge in [0, 0.05) is 18.7 Å². The Morgan fingerprint density at radius 1 is 1.53 bits per heavy atom. The monoisotopic (exact) mass is 236 g/mol. The molecule has 94 valence electrons. The Morgan fingerprint density at radius 3 is 2.71 bits per heavy atom. The highest BCUT2D eigenvalue weighted by molar-refractivity contribution is 5.97. The normalized spacial score (nSPS) is 13.2. The van der Waals surface area contributed by atoms with Gasteiger partial charge in [-0.1, -0.05) is 20.8 Å². The van der Waals surface area contributed by atoms with E-state index in [0.717, 1.165) is 0 Å². The van der Waals surface area contributed by atoms with E-state index in [-0.39, 0.29) is 23.7 Å². The molecule has 1 rings (SSSR count). The third-order valence-electron chi connectivity index (χ3n) is 2.77. The summed E-state index contributed by atoms with van der Waals surface area (Å²) in [5.74, 6) is 0.420. The fourth-order valence-corrected chi connectivity index (χ4v) is 1.37. The molecular formula is C13H20N2O2. The Hall–Kier alpha value is -1.42. The number of aromatic nitrogens is 1. The van der Waals surface area contributed by atoms with E-state index in [1.807, 2.05) is 20.8 Å². The van der Waals surface area contributed by atoms with Crippen LogP contribution in [0.3, 0.4) is 0 Å². The Balaban J connectivity index is 2.84. The van der Waals surface area contributed by atoms with Gasteiger partial charge >= 0.3 is 0 Å². The van der Waals surface area contributed by atoms with E-state index in [4.69, 9.17) is 10.5 Å². The Bertz CT molecular complexity index is 397. The van der Waals surface area contributed by atoms with Crippen LogP contribution in [0.15, 0.2) is 18.3 Å². The Labute approximate surface area is 102 Å². The van der Waals surface area contributed by atoms with Crippen LogP contribution in [0.2, 0.25) is 0 Å². The molecule has 1 atom stereocenters. The summed E-state index contributed by atoms with van der Waals surface area (Å²) in [7, 11) is 1.53. The summed E-state index contributed by atoms with van der Waals surface area (Å²) in [6.07, 6.45) is 1.86. The molecule has 0 aliphatic rings. The maximum absolute atomic E-state index is 12.1. The second-order valence-electron chi connectivity index (χ2n) is 5.15. The third-order valence-corrected chi connectivity index (χ3v) is 2.77. The first-order chi connectivity index (χ1) is 7.86. The number of hydrogen-bond donors (Lipinski definition) is 1. The van der Waals surface area contributed by atoms with Gasteiger partial charge in [0.25, 0.3) is 0 Å². The molecule has 0 saturated heterocycles. The van der Waals surface area contributed by atoms with Crippen LogP contribution in [-0.2, 0) is 0 Å². The zero-order valence-electron chi connectivity index (χ0n) is 10.9. The molecule has 0 spiro atoms. The highest BCUT2D eigenvalue weighted by atomic mass is 16.5. The number of hydrogen-bond acceptors (Lipinski definition) is 4. The van der Waals surface area contributed by atoms with Gasteiger partial charge in [-0.2, -0.15) is 0 Å². The maximum Gasteiger partial charge on any atom is 0.186 e. The van der Waals surface area contributed by atoms with Crippen LogP contribution < -0.4 is 10.5 Å². The van der Waals surface area contributed by atoms with Gasteiger partial charge in [-0.25, -0.2) is 4.98 Å². The first kappa shape index (κ1) is 13.6. The smallest absolute Gasteiger partial charge is 0.186 e. The first-order valence-corrected chi connectivity index (χ1v) is 5.64. The predicted octanol–water partition coefficient (Wildman–Crippen LogP) is 2.04. The lowest BCUT2D eigenvalue weighted by Crippen LogP contribution is -2.37. The van der Waals surface area contributed by atoms with E-state index in [0.29, 0.717) is 11.4 Å². The molecule has 0 saturated carbocycles. The minimum absolute atomic E-state index is 0.0788. The van der Waals surface area contributed by atoms with Crippen molar-refractivity contribution >= 4 is 5.78 Å². The number of rotatable bonds is 4. The van der Waals surface area contributed by atoms with Crippen LogP contribution in [0.4, 0.5) is 0 Å². The van der Waals surface area contributed by atoms with Crippen molar-refractivity contribution in [2.45, 2.75) is 33.2 Å². The molecule has 0 bridgehead atoms. The van der Waals surface area contributed by atoms with Crippen LogP contribution >= 0.6 is 0 Å². The molecule has 1 unspecified atom stereocenters. The summed E-state index contributed by atoms with van der Waals surface area (Å²) in [5, 5.41) is 0. The van der Waals surface area contributed by atoms with Crippen molar-refractivity contribution in [1.29, 1.82) is 0 Å². The largest absolute Gasteiger partial charge is 0.494 e. The summed E-state index contributed by atoms with van der Waals surface area (Å²) in [6.45, 7) is 6.04. The molecule has 4 nitrogen and oxygen atoms in total. The Kier molecular flexibility index (Phi) is 4.23. The Morgan fingerprint density at radius 2 is 2.18 bits per heavy atom. The van der Waals surface area contributed by atoms with Gasteiger partial charge in [0.1, 0.15) is 11.4 Å². The number of nitrogens with zero attached hydrogens (tertiary/aromatic N) is 1. The molecule has 1 aromatic rings. The van der Waals surface area contributed by atoms with Crippen molar-refractivity contribution in [3.8, 4) is 5.75 Å². The second kappa shape index (κ2) is 5.27. The number of Topliss-reactive ketones (excluding diaryl/α,β-unsaturated/α-hetero) is 1. The highest BCUT2D eigenvalue weighted by Gasteiger charge is 2.25. The van der Waals surface area contributed by atoms with E-state index in [2.05, 4.69) is 4.98 Å². The molecule has 1 aromatic heterocycles. The standard InChI is InChI=1S/C13H20N2O2/c1-13(2,3)11(14)8-9(16)12-10(17-4)6-5-7-15-12/h5-7,11H,8,14H2,1-4H3. The minimum atomic E-state index is -0.193. The number of methoxy groups -OCH3 is 1. The number of pyridine rings is 1. The van der Waals surface area contributed by atoms with Gasteiger partial charge in [-0.05, 0) is 17.5 Å². The van der Waals surface area contributed by atoms with Gasteiger partial charge in [-0.3, -0.25) is 4.79 Å². The zero-order valence-corrected chi connectivity index (χ0v) is 10.9. The van der Waals surface area contributed by atoms with E-state index in [1.54, 1.807) is 18.3 Å². The van der Waals surface area contributed by atoms with Crippen LogP contribution in [0.5, 0.6) is 5.75 Å². The van der Waals surface area contributed by atoms with E-state index < -0.39 is 0 Å². The molecule has 0 radical (unpaired) electrons. The zero-order chi connectivity index (χ0) is 13.1. The third kappa shape index (κ3) is 3.53. The lowest BCUT2D eigenvalue weighted by molar-refractivity contribution is 0.0945. The van der Waals surface area contributed by atoms with Crippen LogP contribution in [-0.4, -0.2) is 23.9 Å². The number of ketones is 1. The summed E-state index contributed by atoms with van der Waals surface area (Å²) in [4.78, 5) is 16.1. The fourth-order valence-electron chi connectivity index (χ4n) is 1.37. The minimum Gasteiger partial charge on any atom is -0.494 e. The second-order valence-corrected chi connectivity index (χ2v) is 5.15. The van der Waals surface area contributed by atoms with Crippen LogP contribution in [0.1, 0.15) is 37.7 Å². The molecule has 0 amide bonds. The molecule has 0 aromatic carbocycles. The van der Waals surface area contributed by atoms with Gasteiger partial charge < -0.3 is 10.5 Å². The number of nitrogens with two attached hydrogens (primary N) is 1. The fraction of sp³-hybridized carbons (Fsp3) is 0.538. The SMILES string of the molecule is COc1cccnc1C(=O)CC(N)C(C)(C)C. The quantitative estimate of drug-likeness (QED) is 0.812. The molecule has 0 fully saturated rings. The number of ether oxygens (including phenoxy) is 1. The van der Waals surface area contributed by atoms with Gasteiger partial charge in [0.05, 0.1) is 7.11 Å². The lowest BCUT2D eigenvalue weighted by atomic mass is 9.84. The van der Waals surface area contributed by atoms with Crippen molar-refractivity contribution in [2.75, 3.05) is 7.11 Å².